The Labute approximate surface area is 137 Å². The van der Waals surface area contributed by atoms with Crippen molar-refractivity contribution < 1.29 is 4.79 Å². The molecule has 1 heterocycles. The molecule has 0 bridgehead atoms. The van der Waals surface area contributed by atoms with Gasteiger partial charge in [-0.15, -0.1) is 0 Å². The average Bonchev–Trinajstić information content (AvgIpc) is 2.58. The van der Waals surface area contributed by atoms with Crippen LogP contribution in [0.4, 0.5) is 0 Å². The highest BCUT2D eigenvalue weighted by Gasteiger charge is 2.22. The first kappa shape index (κ1) is 15.2. The zero-order valence-corrected chi connectivity index (χ0v) is 13.3. The molecule has 0 radical (unpaired) electrons. The van der Waals surface area contributed by atoms with E-state index in [4.69, 9.17) is 0 Å². The van der Waals surface area contributed by atoms with E-state index < -0.39 is 0 Å². The highest BCUT2D eigenvalue weighted by atomic mass is 16.2. The van der Waals surface area contributed by atoms with Crippen LogP contribution in [-0.2, 0) is 17.9 Å². The fourth-order valence-electron chi connectivity index (χ4n) is 2.67. The molecule has 0 N–H and O–H groups in total. The second kappa shape index (κ2) is 7.05. The highest BCUT2D eigenvalue weighted by Crippen LogP contribution is 2.18. The standard InChI is InChI=1S/C20H20N2O/c1-16-12-19(21-14-17-8-4-2-5-9-17)13-20(23)22(16)15-18-10-6-3-7-11-18/h2-12H,13-15H2,1H3. The van der Waals surface area contributed by atoms with Gasteiger partial charge in [0.2, 0.25) is 5.91 Å². The van der Waals surface area contributed by atoms with Crippen LogP contribution in [0.3, 0.4) is 0 Å². The summed E-state index contributed by atoms with van der Waals surface area (Å²) in [5.41, 5.74) is 4.11. The third-order valence-corrected chi connectivity index (χ3v) is 3.93. The summed E-state index contributed by atoms with van der Waals surface area (Å²) in [5, 5.41) is 0. The Morgan fingerprint density at radius 1 is 0.957 bits per heavy atom. The van der Waals surface area contributed by atoms with Crippen LogP contribution in [0.15, 0.2) is 77.4 Å². The minimum Gasteiger partial charge on any atom is -0.312 e. The molecule has 0 fully saturated rings. The van der Waals surface area contributed by atoms with Crippen LogP contribution in [0.1, 0.15) is 24.5 Å². The van der Waals surface area contributed by atoms with Gasteiger partial charge in [-0.1, -0.05) is 60.7 Å². The van der Waals surface area contributed by atoms with Gasteiger partial charge in [0, 0.05) is 11.4 Å². The number of benzene rings is 2. The molecular weight excluding hydrogens is 284 g/mol. The van der Waals surface area contributed by atoms with E-state index in [9.17, 15) is 4.79 Å². The van der Waals surface area contributed by atoms with E-state index in [0.29, 0.717) is 19.5 Å². The Hall–Kier alpha value is -2.68. The van der Waals surface area contributed by atoms with Crippen molar-refractivity contribution in [2.24, 2.45) is 4.99 Å². The van der Waals surface area contributed by atoms with E-state index in [-0.39, 0.29) is 5.91 Å². The lowest BCUT2D eigenvalue weighted by Gasteiger charge is -2.27. The zero-order valence-electron chi connectivity index (χ0n) is 13.3. The predicted molar refractivity (Wildman–Crippen MR) is 92.9 cm³/mol. The first-order chi connectivity index (χ1) is 11.2. The SMILES string of the molecule is CC1=CC(=NCc2ccccc2)CC(=O)N1Cc1ccccc1. The number of carbonyl (C=O) groups is 1. The van der Waals surface area contributed by atoms with Gasteiger partial charge in [-0.05, 0) is 24.1 Å². The molecule has 0 aromatic heterocycles. The lowest BCUT2D eigenvalue weighted by Crippen LogP contribution is -2.34. The predicted octanol–water partition coefficient (Wildman–Crippen LogP) is 3.96. The van der Waals surface area contributed by atoms with Gasteiger partial charge < -0.3 is 4.90 Å². The van der Waals surface area contributed by atoms with Crippen molar-refractivity contribution >= 4 is 11.6 Å². The molecule has 0 aliphatic carbocycles. The Bertz CT molecular complexity index is 733. The van der Waals surface area contributed by atoms with Crippen molar-refractivity contribution in [3.8, 4) is 0 Å². The second-order valence-electron chi connectivity index (χ2n) is 5.72. The normalized spacial score (nSPS) is 16.6. The van der Waals surface area contributed by atoms with Crippen molar-refractivity contribution in [3.63, 3.8) is 0 Å². The lowest BCUT2D eigenvalue weighted by atomic mass is 10.1. The average molecular weight is 304 g/mol. The molecule has 0 spiro atoms. The Morgan fingerprint density at radius 2 is 1.57 bits per heavy atom. The van der Waals surface area contributed by atoms with Crippen LogP contribution in [-0.4, -0.2) is 16.5 Å². The summed E-state index contributed by atoms with van der Waals surface area (Å²) in [6.45, 7) is 3.21. The van der Waals surface area contributed by atoms with Gasteiger partial charge in [0.15, 0.2) is 0 Å². The third-order valence-electron chi connectivity index (χ3n) is 3.93. The van der Waals surface area contributed by atoms with Crippen LogP contribution in [0.5, 0.6) is 0 Å². The molecule has 0 atom stereocenters. The van der Waals surface area contributed by atoms with Crippen LogP contribution in [0, 0.1) is 0 Å². The number of carbonyl (C=O) groups excluding carboxylic acids is 1. The summed E-state index contributed by atoms with van der Waals surface area (Å²) in [6.07, 6.45) is 2.39. The maximum Gasteiger partial charge on any atom is 0.233 e. The monoisotopic (exact) mass is 304 g/mol. The Balaban J connectivity index is 1.72. The summed E-state index contributed by atoms with van der Waals surface area (Å²) in [6, 6.07) is 20.2. The zero-order chi connectivity index (χ0) is 16.1. The fourth-order valence-corrected chi connectivity index (χ4v) is 2.67. The topological polar surface area (TPSA) is 32.7 Å². The van der Waals surface area contributed by atoms with E-state index >= 15 is 0 Å². The summed E-state index contributed by atoms with van der Waals surface area (Å²) >= 11 is 0. The summed E-state index contributed by atoms with van der Waals surface area (Å²) < 4.78 is 0. The number of allylic oxidation sites excluding steroid dienone is 2. The Kier molecular flexibility index (Phi) is 4.67. The molecule has 0 saturated carbocycles. The molecule has 23 heavy (non-hydrogen) atoms. The number of nitrogens with zero attached hydrogens (tertiary/aromatic N) is 2. The molecule has 0 unspecified atom stereocenters. The Morgan fingerprint density at radius 3 is 2.17 bits per heavy atom. The largest absolute Gasteiger partial charge is 0.312 e. The van der Waals surface area contributed by atoms with E-state index in [2.05, 4.69) is 4.99 Å². The maximum atomic E-state index is 12.4. The van der Waals surface area contributed by atoms with Crippen LogP contribution in [0.25, 0.3) is 0 Å². The van der Waals surface area contributed by atoms with Crippen molar-refractivity contribution in [2.75, 3.05) is 0 Å². The molecule has 1 aliphatic heterocycles. The number of hydrogen-bond acceptors (Lipinski definition) is 2. The van der Waals surface area contributed by atoms with Crippen molar-refractivity contribution in [3.05, 3.63) is 83.6 Å². The van der Waals surface area contributed by atoms with E-state index in [1.807, 2.05) is 78.6 Å². The lowest BCUT2D eigenvalue weighted by molar-refractivity contribution is -0.128. The molecule has 0 saturated heterocycles. The van der Waals surface area contributed by atoms with Gasteiger partial charge in [-0.3, -0.25) is 9.79 Å². The van der Waals surface area contributed by atoms with Crippen LogP contribution in [0.2, 0.25) is 0 Å². The van der Waals surface area contributed by atoms with Gasteiger partial charge >= 0.3 is 0 Å². The second-order valence-corrected chi connectivity index (χ2v) is 5.72. The van der Waals surface area contributed by atoms with E-state index in [1.54, 1.807) is 0 Å². The van der Waals surface area contributed by atoms with Gasteiger partial charge in [0.1, 0.15) is 0 Å². The molecular formula is C20H20N2O. The smallest absolute Gasteiger partial charge is 0.233 e. The fraction of sp³-hybridized carbons (Fsp3) is 0.200. The number of hydrogen-bond donors (Lipinski definition) is 0. The molecule has 3 heteroatoms. The van der Waals surface area contributed by atoms with Gasteiger partial charge in [0.25, 0.3) is 0 Å². The minimum atomic E-state index is 0.112. The summed E-state index contributed by atoms with van der Waals surface area (Å²) in [7, 11) is 0. The van der Waals surface area contributed by atoms with E-state index in [0.717, 1.165) is 22.5 Å². The third kappa shape index (κ3) is 3.95. The van der Waals surface area contributed by atoms with Gasteiger partial charge in [-0.25, -0.2) is 0 Å². The molecule has 2 aromatic rings. The first-order valence-electron chi connectivity index (χ1n) is 7.82. The number of rotatable bonds is 4. The van der Waals surface area contributed by atoms with Crippen LogP contribution >= 0.6 is 0 Å². The quantitative estimate of drug-likeness (QED) is 0.841. The molecule has 116 valence electrons. The van der Waals surface area contributed by atoms with Crippen molar-refractivity contribution in [1.82, 2.24) is 4.90 Å². The summed E-state index contributed by atoms with van der Waals surface area (Å²) in [5.74, 6) is 0.112. The van der Waals surface area contributed by atoms with Gasteiger partial charge in [0.05, 0.1) is 19.5 Å². The molecule has 3 nitrogen and oxygen atoms in total. The number of aliphatic imine (C=N–C) groups is 1. The maximum absolute atomic E-state index is 12.4. The van der Waals surface area contributed by atoms with Crippen LogP contribution < -0.4 is 0 Å². The molecule has 1 aliphatic rings. The molecule has 3 rings (SSSR count). The van der Waals surface area contributed by atoms with Gasteiger partial charge in [-0.2, -0.15) is 0 Å². The molecule has 1 amide bonds. The van der Waals surface area contributed by atoms with Crippen molar-refractivity contribution in [1.29, 1.82) is 0 Å². The molecule has 2 aromatic carbocycles. The van der Waals surface area contributed by atoms with E-state index in [1.165, 1.54) is 0 Å². The minimum absolute atomic E-state index is 0.112. The summed E-state index contributed by atoms with van der Waals surface area (Å²) in [4.78, 5) is 18.9. The first-order valence-corrected chi connectivity index (χ1v) is 7.82. The van der Waals surface area contributed by atoms with Crippen molar-refractivity contribution in [2.45, 2.75) is 26.4 Å². The number of amides is 1. The highest BCUT2D eigenvalue weighted by molar-refractivity contribution is 6.10.